The first kappa shape index (κ1) is 14.0. The number of hydrogen-bond donors (Lipinski definition) is 1. The van der Waals surface area contributed by atoms with Gasteiger partial charge in [0.2, 0.25) is 11.8 Å². The average molecular weight is 292 g/mol. The highest BCUT2D eigenvalue weighted by Gasteiger charge is 2.30. The van der Waals surface area contributed by atoms with Crippen LogP contribution in [0.3, 0.4) is 0 Å². The maximum Gasteiger partial charge on any atom is 0.244 e. The summed E-state index contributed by atoms with van der Waals surface area (Å²) in [5.74, 6) is 0.570. The van der Waals surface area contributed by atoms with Crippen LogP contribution in [0.25, 0.3) is 0 Å². The number of aromatic nitrogens is 3. The highest BCUT2D eigenvalue weighted by molar-refractivity contribution is 5.93. The summed E-state index contributed by atoms with van der Waals surface area (Å²) < 4.78 is 1.48. The molecule has 1 saturated carbocycles. The Balaban J connectivity index is 1.51. The van der Waals surface area contributed by atoms with Crippen molar-refractivity contribution in [3.63, 3.8) is 0 Å². The predicted molar refractivity (Wildman–Crippen MR) is 75.5 cm³/mol. The molecule has 1 N–H and O–H groups in total. The number of likely N-dealkylation sites (N-methyl/N-ethyl adjacent to an activating group) is 1. The molecule has 1 aromatic heterocycles. The molecule has 8 nitrogen and oxygen atoms in total. The Labute approximate surface area is 123 Å². The number of carbonyl (C=O) groups excluding carboxylic acids is 2. The third-order valence-electron chi connectivity index (χ3n) is 3.89. The Morgan fingerprint density at radius 2 is 2.00 bits per heavy atom. The van der Waals surface area contributed by atoms with E-state index in [1.54, 1.807) is 6.20 Å². The van der Waals surface area contributed by atoms with Crippen molar-refractivity contribution in [1.82, 2.24) is 24.8 Å². The minimum atomic E-state index is -0.00700. The smallest absolute Gasteiger partial charge is 0.244 e. The van der Waals surface area contributed by atoms with Gasteiger partial charge in [0, 0.05) is 32.1 Å². The molecule has 2 amide bonds. The second-order valence-corrected chi connectivity index (χ2v) is 5.75. The van der Waals surface area contributed by atoms with Crippen molar-refractivity contribution in [2.75, 3.05) is 38.5 Å². The fraction of sp³-hybridized carbons (Fsp3) is 0.692. The van der Waals surface area contributed by atoms with Gasteiger partial charge in [0.15, 0.2) is 5.82 Å². The lowest BCUT2D eigenvalue weighted by molar-refractivity contribution is -0.133. The summed E-state index contributed by atoms with van der Waals surface area (Å²) in [7, 11) is 2.05. The van der Waals surface area contributed by atoms with Gasteiger partial charge in [-0.25, -0.2) is 4.68 Å². The van der Waals surface area contributed by atoms with Gasteiger partial charge < -0.3 is 15.1 Å². The van der Waals surface area contributed by atoms with Gasteiger partial charge in [-0.3, -0.25) is 9.59 Å². The van der Waals surface area contributed by atoms with Crippen LogP contribution in [0, 0.1) is 5.92 Å². The summed E-state index contributed by atoms with van der Waals surface area (Å²) in [6.07, 6.45) is 3.50. The van der Waals surface area contributed by atoms with Gasteiger partial charge in [0.25, 0.3) is 0 Å². The van der Waals surface area contributed by atoms with Crippen molar-refractivity contribution in [2.24, 2.45) is 5.92 Å². The standard InChI is InChI=1S/C13H20N6O2/c1-17-4-6-18(7-5-17)12(20)9-19-8-11(15-16-19)14-13(21)10-2-3-10/h8,10H,2-7,9H2,1H3,(H,14,21). The van der Waals surface area contributed by atoms with E-state index < -0.39 is 0 Å². The summed E-state index contributed by atoms with van der Waals surface area (Å²) in [6, 6.07) is 0. The molecule has 1 aliphatic heterocycles. The first-order chi connectivity index (χ1) is 10.1. The van der Waals surface area contributed by atoms with Crippen LogP contribution in [0.1, 0.15) is 12.8 Å². The summed E-state index contributed by atoms with van der Waals surface area (Å²) in [5, 5.41) is 10.5. The van der Waals surface area contributed by atoms with Gasteiger partial charge >= 0.3 is 0 Å². The summed E-state index contributed by atoms with van der Waals surface area (Å²) in [4.78, 5) is 27.8. The van der Waals surface area contributed by atoms with E-state index in [-0.39, 0.29) is 24.3 Å². The van der Waals surface area contributed by atoms with Gasteiger partial charge in [-0.15, -0.1) is 5.10 Å². The quantitative estimate of drug-likeness (QED) is 0.801. The number of nitrogens with zero attached hydrogens (tertiary/aromatic N) is 5. The van der Waals surface area contributed by atoms with Crippen LogP contribution in [0.2, 0.25) is 0 Å². The molecule has 1 saturated heterocycles. The number of piperazine rings is 1. The maximum atomic E-state index is 12.2. The topological polar surface area (TPSA) is 83.4 Å². The molecular formula is C13H20N6O2. The lowest BCUT2D eigenvalue weighted by Gasteiger charge is -2.32. The van der Waals surface area contributed by atoms with Gasteiger partial charge in [-0.1, -0.05) is 5.21 Å². The van der Waals surface area contributed by atoms with Gasteiger partial charge in [0.1, 0.15) is 6.54 Å². The fourth-order valence-electron chi connectivity index (χ4n) is 2.30. The van der Waals surface area contributed by atoms with E-state index in [0.29, 0.717) is 5.82 Å². The second kappa shape index (κ2) is 5.80. The van der Waals surface area contributed by atoms with Crippen molar-refractivity contribution < 1.29 is 9.59 Å². The van der Waals surface area contributed by atoms with E-state index in [4.69, 9.17) is 0 Å². The lowest BCUT2D eigenvalue weighted by atomic mass is 10.3. The molecule has 0 bridgehead atoms. The Bertz CT molecular complexity index is 531. The van der Waals surface area contributed by atoms with Crippen molar-refractivity contribution >= 4 is 17.6 Å². The van der Waals surface area contributed by atoms with Crippen molar-refractivity contribution in [2.45, 2.75) is 19.4 Å². The van der Waals surface area contributed by atoms with Crippen LogP contribution in [-0.2, 0) is 16.1 Å². The van der Waals surface area contributed by atoms with Gasteiger partial charge in [-0.2, -0.15) is 0 Å². The zero-order valence-electron chi connectivity index (χ0n) is 12.2. The molecule has 114 valence electrons. The van der Waals surface area contributed by atoms with Gasteiger partial charge in [0.05, 0.1) is 6.20 Å². The van der Waals surface area contributed by atoms with Crippen LogP contribution in [0.4, 0.5) is 5.82 Å². The van der Waals surface area contributed by atoms with Crippen molar-refractivity contribution in [3.05, 3.63) is 6.20 Å². The molecule has 0 unspecified atom stereocenters. The number of hydrogen-bond acceptors (Lipinski definition) is 5. The van der Waals surface area contributed by atoms with Crippen LogP contribution < -0.4 is 5.32 Å². The molecule has 2 fully saturated rings. The van der Waals surface area contributed by atoms with Crippen LogP contribution in [0.5, 0.6) is 0 Å². The van der Waals surface area contributed by atoms with Crippen molar-refractivity contribution in [3.8, 4) is 0 Å². The molecule has 3 rings (SSSR count). The Hall–Kier alpha value is -1.96. The summed E-state index contributed by atoms with van der Waals surface area (Å²) in [6.45, 7) is 3.44. The third-order valence-corrected chi connectivity index (χ3v) is 3.89. The van der Waals surface area contributed by atoms with E-state index in [9.17, 15) is 9.59 Å². The zero-order chi connectivity index (χ0) is 14.8. The molecule has 0 spiro atoms. The maximum absolute atomic E-state index is 12.2. The molecular weight excluding hydrogens is 272 g/mol. The molecule has 21 heavy (non-hydrogen) atoms. The first-order valence-electron chi connectivity index (χ1n) is 7.29. The molecule has 0 atom stereocenters. The van der Waals surface area contributed by atoms with Crippen molar-refractivity contribution in [1.29, 1.82) is 0 Å². The van der Waals surface area contributed by atoms with Crippen LogP contribution in [0.15, 0.2) is 6.20 Å². The summed E-state index contributed by atoms with van der Waals surface area (Å²) >= 11 is 0. The van der Waals surface area contributed by atoms with Crippen LogP contribution in [-0.4, -0.2) is 69.8 Å². The summed E-state index contributed by atoms with van der Waals surface area (Å²) in [5.41, 5.74) is 0. The number of rotatable bonds is 4. The number of anilines is 1. The third kappa shape index (κ3) is 3.57. The zero-order valence-corrected chi connectivity index (χ0v) is 12.2. The first-order valence-corrected chi connectivity index (χ1v) is 7.29. The molecule has 1 aromatic rings. The van der Waals surface area contributed by atoms with E-state index in [0.717, 1.165) is 39.0 Å². The van der Waals surface area contributed by atoms with Gasteiger partial charge in [-0.05, 0) is 19.9 Å². The van der Waals surface area contributed by atoms with E-state index in [1.807, 2.05) is 11.9 Å². The Morgan fingerprint density at radius 1 is 1.29 bits per heavy atom. The number of nitrogens with one attached hydrogen (secondary N) is 1. The largest absolute Gasteiger partial charge is 0.339 e. The lowest BCUT2D eigenvalue weighted by Crippen LogP contribution is -2.48. The van der Waals surface area contributed by atoms with E-state index >= 15 is 0 Å². The monoisotopic (exact) mass is 292 g/mol. The molecule has 0 radical (unpaired) electrons. The highest BCUT2D eigenvalue weighted by atomic mass is 16.2. The Kier molecular flexibility index (Phi) is 3.87. The molecule has 0 aromatic carbocycles. The highest BCUT2D eigenvalue weighted by Crippen LogP contribution is 2.29. The normalized spacial score (nSPS) is 19.6. The van der Waals surface area contributed by atoms with E-state index in [2.05, 4.69) is 20.5 Å². The second-order valence-electron chi connectivity index (χ2n) is 5.75. The number of carbonyl (C=O) groups is 2. The number of amides is 2. The molecule has 2 aliphatic rings. The fourth-order valence-corrected chi connectivity index (χ4v) is 2.30. The minimum absolute atomic E-state index is 0.00700. The minimum Gasteiger partial charge on any atom is -0.339 e. The molecule has 2 heterocycles. The molecule has 1 aliphatic carbocycles. The Morgan fingerprint density at radius 3 is 2.67 bits per heavy atom. The average Bonchev–Trinajstić information content (AvgIpc) is 3.23. The van der Waals surface area contributed by atoms with E-state index in [1.165, 1.54) is 4.68 Å². The SMILES string of the molecule is CN1CCN(C(=O)Cn2cc(NC(=O)C3CC3)nn2)CC1. The predicted octanol–water partition coefficient (Wildman–Crippen LogP) is -0.599. The molecule has 8 heteroatoms. The van der Waals surface area contributed by atoms with Crippen LogP contribution >= 0.6 is 0 Å².